The Bertz CT molecular complexity index is 853. The number of fused-ring (bicyclic) bond motifs is 3. The Morgan fingerprint density at radius 3 is 2.64 bits per heavy atom. The molecule has 3 aromatic rings. The van der Waals surface area contributed by atoms with Crippen LogP contribution < -0.4 is 5.32 Å². The van der Waals surface area contributed by atoms with Crippen molar-refractivity contribution in [2.24, 2.45) is 0 Å². The van der Waals surface area contributed by atoms with Crippen molar-refractivity contribution in [1.82, 2.24) is 4.57 Å². The second-order valence-corrected chi connectivity index (χ2v) is 5.58. The molecule has 0 aliphatic carbocycles. The van der Waals surface area contributed by atoms with Crippen LogP contribution in [0.25, 0.3) is 5.69 Å². The highest BCUT2D eigenvalue weighted by atomic mass is 15.1. The highest BCUT2D eigenvalue weighted by Gasteiger charge is 2.25. The first-order valence-corrected chi connectivity index (χ1v) is 7.46. The van der Waals surface area contributed by atoms with Crippen molar-refractivity contribution < 1.29 is 5.32 Å². The van der Waals surface area contributed by atoms with Gasteiger partial charge in [0.05, 0.1) is 23.0 Å². The van der Waals surface area contributed by atoms with Gasteiger partial charge in [0.1, 0.15) is 6.54 Å². The quantitative estimate of drug-likeness (QED) is 0.734. The highest BCUT2D eigenvalue weighted by molar-refractivity contribution is 5.45. The van der Waals surface area contributed by atoms with Crippen LogP contribution in [0.1, 0.15) is 28.4 Å². The number of benzene rings is 2. The lowest BCUT2D eigenvalue weighted by molar-refractivity contribution is -0.702. The Morgan fingerprint density at radius 1 is 1.00 bits per heavy atom. The average molecular weight is 286 g/mol. The Morgan fingerprint density at radius 2 is 1.82 bits per heavy atom. The van der Waals surface area contributed by atoms with Gasteiger partial charge in [-0.05, 0) is 30.3 Å². The molecular formula is C19H16N3+. The molecule has 0 saturated heterocycles. The van der Waals surface area contributed by atoms with E-state index in [4.69, 9.17) is 5.26 Å². The van der Waals surface area contributed by atoms with Crippen LogP contribution in [0.4, 0.5) is 0 Å². The van der Waals surface area contributed by atoms with E-state index in [-0.39, 0.29) is 6.04 Å². The number of nitriles is 1. The number of rotatable bonds is 1. The number of hydrogen-bond acceptors (Lipinski definition) is 1. The highest BCUT2D eigenvalue weighted by Crippen LogP contribution is 2.26. The summed E-state index contributed by atoms with van der Waals surface area (Å²) in [7, 11) is 0. The summed E-state index contributed by atoms with van der Waals surface area (Å²) in [6.45, 7) is 0.947. The van der Waals surface area contributed by atoms with E-state index >= 15 is 0 Å². The smallest absolute Gasteiger partial charge is 0.153 e. The van der Waals surface area contributed by atoms with E-state index in [2.05, 4.69) is 70.7 Å². The summed E-state index contributed by atoms with van der Waals surface area (Å²) in [5, 5.41) is 11.3. The summed E-state index contributed by atoms with van der Waals surface area (Å²) in [4.78, 5) is 0. The van der Waals surface area contributed by atoms with E-state index in [9.17, 15) is 0 Å². The Labute approximate surface area is 129 Å². The Kier molecular flexibility index (Phi) is 3.03. The molecule has 22 heavy (non-hydrogen) atoms. The second kappa shape index (κ2) is 5.18. The third kappa shape index (κ3) is 2.02. The molecular weight excluding hydrogens is 270 g/mol. The van der Waals surface area contributed by atoms with E-state index in [1.807, 2.05) is 12.1 Å². The van der Waals surface area contributed by atoms with Gasteiger partial charge in [-0.25, -0.2) is 0 Å². The monoisotopic (exact) mass is 286 g/mol. The zero-order chi connectivity index (χ0) is 14.9. The minimum atomic E-state index is 0.246. The topological polar surface area (TPSA) is 45.3 Å². The lowest BCUT2D eigenvalue weighted by Gasteiger charge is -2.15. The maximum atomic E-state index is 8.96. The van der Waals surface area contributed by atoms with Crippen LogP contribution in [0.2, 0.25) is 0 Å². The molecule has 2 heterocycles. The van der Waals surface area contributed by atoms with Gasteiger partial charge in [0.15, 0.2) is 6.04 Å². The van der Waals surface area contributed by atoms with Gasteiger partial charge >= 0.3 is 0 Å². The van der Waals surface area contributed by atoms with E-state index in [0.29, 0.717) is 5.56 Å². The molecule has 0 spiro atoms. The number of aromatic nitrogens is 1. The lowest BCUT2D eigenvalue weighted by Crippen LogP contribution is -2.83. The fourth-order valence-electron chi connectivity index (χ4n) is 3.22. The minimum absolute atomic E-state index is 0.246. The molecule has 1 aliphatic rings. The lowest BCUT2D eigenvalue weighted by atomic mass is 10.0. The van der Waals surface area contributed by atoms with Crippen LogP contribution in [0, 0.1) is 11.3 Å². The summed E-state index contributed by atoms with van der Waals surface area (Å²) < 4.78 is 2.28. The Balaban J connectivity index is 1.82. The van der Waals surface area contributed by atoms with E-state index in [1.54, 1.807) is 0 Å². The zero-order valence-electron chi connectivity index (χ0n) is 12.1. The van der Waals surface area contributed by atoms with E-state index < -0.39 is 0 Å². The molecule has 0 radical (unpaired) electrons. The van der Waals surface area contributed by atoms with Gasteiger partial charge < -0.3 is 9.88 Å². The van der Waals surface area contributed by atoms with Crippen molar-refractivity contribution in [3.05, 3.63) is 89.2 Å². The maximum absolute atomic E-state index is 8.96. The number of nitrogens with zero attached hydrogens (tertiary/aromatic N) is 2. The predicted molar refractivity (Wildman–Crippen MR) is 84.4 cm³/mol. The van der Waals surface area contributed by atoms with Gasteiger partial charge in [-0.2, -0.15) is 5.26 Å². The number of quaternary nitrogens is 1. The van der Waals surface area contributed by atoms with Gasteiger partial charge in [-0.15, -0.1) is 0 Å². The van der Waals surface area contributed by atoms with Crippen LogP contribution >= 0.6 is 0 Å². The molecule has 2 N–H and O–H groups in total. The molecule has 106 valence electrons. The molecule has 1 aliphatic heterocycles. The van der Waals surface area contributed by atoms with Gasteiger partial charge in [0.25, 0.3) is 0 Å². The number of nitrogens with two attached hydrogens (primary N) is 1. The summed E-state index contributed by atoms with van der Waals surface area (Å²) in [5.41, 5.74) is 5.81. The summed E-state index contributed by atoms with van der Waals surface area (Å²) in [6.07, 6.45) is 2.13. The van der Waals surface area contributed by atoms with E-state index in [1.165, 1.54) is 22.5 Å². The number of hydrogen-bond donors (Lipinski definition) is 1. The van der Waals surface area contributed by atoms with Crippen LogP contribution in [-0.2, 0) is 6.54 Å². The van der Waals surface area contributed by atoms with Gasteiger partial charge in [-0.1, -0.05) is 30.3 Å². The molecule has 0 fully saturated rings. The standard InChI is InChI=1S/C19H15N3/c20-12-14-7-9-15(10-8-14)19-18-6-3-11-22(18)17-5-2-1-4-16(17)13-21-19/h1-11,19,21H,13H2/p+1. The third-order valence-electron chi connectivity index (χ3n) is 4.32. The third-order valence-corrected chi connectivity index (χ3v) is 4.32. The minimum Gasteiger partial charge on any atom is -0.331 e. The first kappa shape index (κ1) is 12.9. The Hall–Kier alpha value is -2.83. The van der Waals surface area contributed by atoms with Crippen molar-refractivity contribution in [2.75, 3.05) is 0 Å². The van der Waals surface area contributed by atoms with Crippen molar-refractivity contribution in [3.63, 3.8) is 0 Å². The molecule has 0 bridgehead atoms. The van der Waals surface area contributed by atoms with Crippen molar-refractivity contribution >= 4 is 0 Å². The first-order chi connectivity index (χ1) is 10.9. The van der Waals surface area contributed by atoms with Gasteiger partial charge in [0, 0.05) is 17.3 Å². The van der Waals surface area contributed by atoms with Crippen LogP contribution in [0.3, 0.4) is 0 Å². The van der Waals surface area contributed by atoms with Crippen molar-refractivity contribution in [2.45, 2.75) is 12.6 Å². The van der Waals surface area contributed by atoms with Crippen LogP contribution in [0.15, 0.2) is 66.9 Å². The fraction of sp³-hybridized carbons (Fsp3) is 0.105. The molecule has 3 nitrogen and oxygen atoms in total. The molecule has 0 amide bonds. The summed E-state index contributed by atoms with van der Waals surface area (Å²) in [5.74, 6) is 0. The molecule has 1 aromatic heterocycles. The predicted octanol–water partition coefficient (Wildman–Crippen LogP) is 2.52. The fourth-order valence-corrected chi connectivity index (χ4v) is 3.22. The SMILES string of the molecule is N#Cc1ccc(C2[NH2+]Cc3ccccc3-n3cccc32)cc1. The van der Waals surface area contributed by atoms with Crippen molar-refractivity contribution in [3.8, 4) is 11.8 Å². The van der Waals surface area contributed by atoms with Gasteiger partial charge in [0.2, 0.25) is 0 Å². The molecule has 4 rings (SSSR count). The average Bonchev–Trinajstić information content (AvgIpc) is 3.00. The molecule has 1 atom stereocenters. The van der Waals surface area contributed by atoms with E-state index in [0.717, 1.165) is 6.54 Å². The molecule has 1 unspecified atom stereocenters. The largest absolute Gasteiger partial charge is 0.331 e. The molecule has 2 aromatic carbocycles. The maximum Gasteiger partial charge on any atom is 0.153 e. The van der Waals surface area contributed by atoms with Crippen LogP contribution in [0.5, 0.6) is 0 Å². The van der Waals surface area contributed by atoms with Crippen molar-refractivity contribution in [1.29, 1.82) is 5.26 Å². The summed E-state index contributed by atoms with van der Waals surface area (Å²) in [6, 6.07) is 23.2. The molecule has 3 heteroatoms. The van der Waals surface area contributed by atoms with Crippen LogP contribution in [-0.4, -0.2) is 4.57 Å². The first-order valence-electron chi connectivity index (χ1n) is 7.46. The molecule has 0 saturated carbocycles. The number of para-hydroxylation sites is 1. The summed E-state index contributed by atoms with van der Waals surface area (Å²) >= 11 is 0. The zero-order valence-corrected chi connectivity index (χ0v) is 12.1. The second-order valence-electron chi connectivity index (χ2n) is 5.58. The van der Waals surface area contributed by atoms with Gasteiger partial charge in [-0.3, -0.25) is 0 Å². The normalized spacial score (nSPS) is 16.2.